The van der Waals surface area contributed by atoms with Gasteiger partial charge < -0.3 is 33.8 Å². The van der Waals surface area contributed by atoms with Crippen molar-refractivity contribution in [2.24, 2.45) is 0 Å². The van der Waals surface area contributed by atoms with Gasteiger partial charge in [0.1, 0.15) is 19.3 Å². The molecule has 0 fully saturated rings. The van der Waals surface area contributed by atoms with E-state index in [-0.39, 0.29) is 25.7 Å². The van der Waals surface area contributed by atoms with Gasteiger partial charge in [-0.05, 0) is 167 Å². The summed E-state index contributed by atoms with van der Waals surface area (Å²) >= 11 is 0. The number of carbonyl (C=O) groups excluding carboxylic acids is 4. The number of hydrogen-bond acceptors (Lipinski definition) is 15. The first-order valence-electron chi connectivity index (χ1n) is 40.1. The third-order valence-corrected chi connectivity index (χ3v) is 18.2. The first-order valence-corrected chi connectivity index (χ1v) is 43.1. The Bertz CT molecular complexity index is 2540. The van der Waals surface area contributed by atoms with Crippen molar-refractivity contribution in [1.82, 2.24) is 0 Å². The Kier molecular flexibility index (Phi) is 72.4. The highest BCUT2D eigenvalue weighted by atomic mass is 31.2. The molecule has 0 rings (SSSR count). The fourth-order valence-corrected chi connectivity index (χ4v) is 11.8. The Morgan fingerprint density at radius 1 is 0.279 bits per heavy atom. The van der Waals surface area contributed by atoms with Gasteiger partial charge in [0.05, 0.1) is 26.4 Å². The number of hydrogen-bond donors (Lipinski definition) is 3. The SMILES string of the molecule is CC/C=C\C/C=C\C/C=C\C/C=C\C/C=C\CCCCCC(=O)OCC(COP(=O)(O)OCC(O)COP(=O)(O)OCC(COC(=O)CCCCCCC/C=C\C/C=C\CCCCC)OC(=O)CCCCCCC/C=C\C/C=C\CCCCC)OC(=O)CCCCCCC/C=C\C/C=C\C/C=C\CC. The number of phosphoric ester groups is 2. The number of phosphoric acid groups is 2. The molecular formula is C85H142O17P2. The predicted octanol–water partition coefficient (Wildman–Crippen LogP) is 23.4. The number of aliphatic hydroxyl groups excluding tert-OH is 1. The Morgan fingerprint density at radius 3 is 0.779 bits per heavy atom. The van der Waals surface area contributed by atoms with Crippen LogP contribution in [0.25, 0.3) is 0 Å². The second-order valence-corrected chi connectivity index (χ2v) is 29.1. The number of rotatable bonds is 74. The Morgan fingerprint density at radius 2 is 0.500 bits per heavy atom. The minimum absolute atomic E-state index is 0.0629. The van der Waals surface area contributed by atoms with Crippen molar-refractivity contribution >= 4 is 39.5 Å². The van der Waals surface area contributed by atoms with Gasteiger partial charge in [-0.1, -0.05) is 263 Å². The van der Waals surface area contributed by atoms with Gasteiger partial charge in [0.25, 0.3) is 0 Å². The molecular weight excluding hydrogens is 1350 g/mol. The zero-order valence-corrected chi connectivity index (χ0v) is 66.7. The Labute approximate surface area is 630 Å². The van der Waals surface area contributed by atoms with Crippen molar-refractivity contribution in [2.75, 3.05) is 39.6 Å². The van der Waals surface area contributed by atoms with E-state index in [0.29, 0.717) is 25.7 Å². The maximum Gasteiger partial charge on any atom is 0.472 e. The summed E-state index contributed by atoms with van der Waals surface area (Å²) < 4.78 is 68.6. The molecule has 0 aliphatic carbocycles. The van der Waals surface area contributed by atoms with E-state index in [1.54, 1.807) is 0 Å². The number of allylic oxidation sites excluding steroid dienone is 24. The molecule has 0 spiro atoms. The fourth-order valence-electron chi connectivity index (χ4n) is 10.2. The van der Waals surface area contributed by atoms with Crippen LogP contribution in [0.2, 0.25) is 0 Å². The Hall–Kier alpha value is -5.06. The van der Waals surface area contributed by atoms with Crippen molar-refractivity contribution < 1.29 is 80.2 Å². The third-order valence-electron chi connectivity index (χ3n) is 16.3. The average molecular weight is 1500 g/mol. The molecule has 5 unspecified atom stereocenters. The van der Waals surface area contributed by atoms with Gasteiger partial charge in [-0.2, -0.15) is 0 Å². The molecule has 0 aromatic rings. The van der Waals surface area contributed by atoms with Gasteiger partial charge in [-0.3, -0.25) is 37.3 Å². The topological polar surface area (TPSA) is 237 Å². The van der Waals surface area contributed by atoms with E-state index >= 15 is 0 Å². The lowest BCUT2D eigenvalue weighted by molar-refractivity contribution is -0.161. The molecule has 0 amide bonds. The number of carbonyl (C=O) groups is 4. The van der Waals surface area contributed by atoms with E-state index in [9.17, 15) is 43.2 Å². The van der Waals surface area contributed by atoms with E-state index in [2.05, 4.69) is 174 Å². The largest absolute Gasteiger partial charge is 0.472 e. The molecule has 0 saturated heterocycles. The molecule has 0 heterocycles. The van der Waals surface area contributed by atoms with E-state index in [0.717, 1.165) is 193 Å². The van der Waals surface area contributed by atoms with Crippen LogP contribution in [0.15, 0.2) is 146 Å². The minimum Gasteiger partial charge on any atom is -0.462 e. The normalized spacial score (nSPS) is 14.6. The number of esters is 4. The fraction of sp³-hybridized carbons (Fsp3) is 0.671. The molecule has 0 saturated carbocycles. The van der Waals surface area contributed by atoms with Crippen LogP contribution in [0.5, 0.6) is 0 Å². The summed E-state index contributed by atoms with van der Waals surface area (Å²) in [5, 5.41) is 10.6. The van der Waals surface area contributed by atoms with E-state index < -0.39 is 97.5 Å². The van der Waals surface area contributed by atoms with E-state index in [1.807, 2.05) is 0 Å². The van der Waals surface area contributed by atoms with Gasteiger partial charge >= 0.3 is 39.5 Å². The van der Waals surface area contributed by atoms with Crippen molar-refractivity contribution in [1.29, 1.82) is 0 Å². The molecule has 19 heteroatoms. The van der Waals surface area contributed by atoms with E-state index in [4.69, 9.17) is 37.0 Å². The van der Waals surface area contributed by atoms with Crippen molar-refractivity contribution in [3.8, 4) is 0 Å². The van der Waals surface area contributed by atoms with Gasteiger partial charge in [0.2, 0.25) is 0 Å². The lowest BCUT2D eigenvalue weighted by Gasteiger charge is -2.21. The highest BCUT2D eigenvalue weighted by molar-refractivity contribution is 7.47. The highest BCUT2D eigenvalue weighted by Gasteiger charge is 2.30. The summed E-state index contributed by atoms with van der Waals surface area (Å²) in [5.41, 5.74) is 0. The predicted molar refractivity (Wildman–Crippen MR) is 427 cm³/mol. The summed E-state index contributed by atoms with van der Waals surface area (Å²) in [6.45, 7) is 4.51. The average Bonchev–Trinajstić information content (AvgIpc) is 0.918. The summed E-state index contributed by atoms with van der Waals surface area (Å²) in [5.74, 6) is -2.26. The smallest absolute Gasteiger partial charge is 0.462 e. The highest BCUT2D eigenvalue weighted by Crippen LogP contribution is 2.45. The zero-order chi connectivity index (χ0) is 76.0. The van der Waals surface area contributed by atoms with Crippen LogP contribution in [0.1, 0.15) is 310 Å². The lowest BCUT2D eigenvalue weighted by atomic mass is 10.1. The summed E-state index contributed by atoms with van der Waals surface area (Å²) in [6, 6.07) is 0. The Balaban J connectivity index is 5.44. The van der Waals surface area contributed by atoms with Crippen LogP contribution in [-0.2, 0) is 65.4 Å². The number of aliphatic hydroxyl groups is 1. The van der Waals surface area contributed by atoms with Crippen LogP contribution >= 0.6 is 15.6 Å². The standard InChI is InChI=1S/C85H142O17P2/c1-5-9-13-17-21-25-29-33-37-38-39-40-44-46-50-54-58-62-66-70-83(88)96-76-81(102-85(90)72-68-64-60-56-52-48-43-36-32-28-24-20-16-12-8-4)78-100-104(93,94)98-74-79(86)73-97-103(91,92)99-77-80(101-84(89)71-67-63-59-55-51-47-42-35-31-27-23-19-15-11-7-3)75-95-82(87)69-65-61-57-53-49-45-41-34-30-26-22-18-14-10-6-2/h9,12-13,16,21-28,33-37,39-43,46,50,79-81,86H,5-8,10-11,14-15,17-20,29-32,38,44-45,47-49,51-78H2,1-4H3,(H,91,92)(H,93,94)/b13-9-,16-12-,25-21-,26-22-,27-23-,28-24-,37-33-,40-39-,41-34-,42-35-,43-36-,50-46-. The molecule has 17 nitrogen and oxygen atoms in total. The molecule has 0 radical (unpaired) electrons. The van der Waals surface area contributed by atoms with Crippen LogP contribution < -0.4 is 0 Å². The summed E-state index contributed by atoms with van der Waals surface area (Å²) in [6.07, 6.45) is 86.8. The summed E-state index contributed by atoms with van der Waals surface area (Å²) in [4.78, 5) is 73.0. The maximum absolute atomic E-state index is 13.1. The second kappa shape index (κ2) is 76.1. The molecule has 0 aliphatic rings. The maximum atomic E-state index is 13.1. The van der Waals surface area contributed by atoms with Crippen molar-refractivity contribution in [3.63, 3.8) is 0 Å². The van der Waals surface area contributed by atoms with Crippen molar-refractivity contribution in [2.45, 2.75) is 329 Å². The molecule has 0 aromatic heterocycles. The number of ether oxygens (including phenoxy) is 4. The molecule has 3 N–H and O–H groups in total. The molecule has 5 atom stereocenters. The minimum atomic E-state index is -5.00. The van der Waals surface area contributed by atoms with Crippen LogP contribution in [-0.4, -0.2) is 96.7 Å². The second-order valence-electron chi connectivity index (χ2n) is 26.2. The molecule has 594 valence electrons. The summed E-state index contributed by atoms with van der Waals surface area (Å²) in [7, 11) is -9.99. The first kappa shape index (κ1) is 98.9. The zero-order valence-electron chi connectivity index (χ0n) is 64.9. The third kappa shape index (κ3) is 75.2. The first-order chi connectivity index (χ1) is 50.7. The quantitative estimate of drug-likeness (QED) is 0.0169. The molecule has 104 heavy (non-hydrogen) atoms. The van der Waals surface area contributed by atoms with Crippen LogP contribution in [0, 0.1) is 0 Å². The monoisotopic (exact) mass is 1500 g/mol. The van der Waals surface area contributed by atoms with Crippen molar-refractivity contribution in [3.05, 3.63) is 146 Å². The van der Waals surface area contributed by atoms with Gasteiger partial charge in [-0.25, -0.2) is 9.13 Å². The molecule has 0 aliphatic heterocycles. The van der Waals surface area contributed by atoms with Crippen LogP contribution in [0.4, 0.5) is 0 Å². The lowest BCUT2D eigenvalue weighted by Crippen LogP contribution is -2.30. The van der Waals surface area contributed by atoms with Gasteiger partial charge in [-0.15, -0.1) is 0 Å². The van der Waals surface area contributed by atoms with Crippen LogP contribution in [0.3, 0.4) is 0 Å². The molecule has 0 aromatic carbocycles. The van der Waals surface area contributed by atoms with Gasteiger partial charge in [0.15, 0.2) is 12.2 Å². The van der Waals surface area contributed by atoms with E-state index in [1.165, 1.54) is 38.5 Å². The van der Waals surface area contributed by atoms with Gasteiger partial charge in [0, 0.05) is 25.7 Å². The molecule has 0 bridgehead atoms. The number of unbranched alkanes of at least 4 members (excludes halogenated alkanes) is 24.